The van der Waals surface area contributed by atoms with E-state index < -0.39 is 17.5 Å². The first-order valence-corrected chi connectivity index (χ1v) is 11.2. The molecular formula is C23H18Cl3F2N5O. The zero-order valence-corrected chi connectivity index (χ0v) is 19.6. The Morgan fingerprint density at radius 3 is 2.41 bits per heavy atom. The largest absolute Gasteiger partial charge is 0.339 e. The number of nitrogens with one attached hydrogen (secondary N) is 4. The lowest BCUT2D eigenvalue weighted by molar-refractivity contribution is 0.100. The van der Waals surface area contributed by atoms with Crippen molar-refractivity contribution in [3.8, 4) is 0 Å². The molecule has 0 aromatic heterocycles. The second kappa shape index (κ2) is 10.7. The number of hydrogen-bond donors (Lipinski definition) is 4. The summed E-state index contributed by atoms with van der Waals surface area (Å²) in [6, 6.07) is 14.8. The number of rotatable bonds is 4. The third-order valence-corrected chi connectivity index (χ3v) is 5.77. The second-order valence-electron chi connectivity index (χ2n) is 7.50. The second-order valence-corrected chi connectivity index (χ2v) is 8.78. The number of halogens is 5. The van der Waals surface area contributed by atoms with Crippen LogP contribution in [0.4, 0.5) is 14.5 Å². The quantitative estimate of drug-likeness (QED) is 0.261. The zero-order chi connectivity index (χ0) is 24.2. The van der Waals surface area contributed by atoms with Crippen LogP contribution in [-0.2, 0) is 0 Å². The topological polar surface area (TPSA) is 77.5 Å². The lowest BCUT2D eigenvalue weighted by Crippen LogP contribution is -2.47. The minimum absolute atomic E-state index is 0.00294. The van der Waals surface area contributed by atoms with E-state index in [0.29, 0.717) is 11.4 Å². The van der Waals surface area contributed by atoms with E-state index in [2.05, 4.69) is 26.5 Å². The van der Waals surface area contributed by atoms with Gasteiger partial charge >= 0.3 is 0 Å². The van der Waals surface area contributed by atoms with Crippen molar-refractivity contribution in [3.05, 3.63) is 98.5 Å². The number of guanidine groups is 1. The lowest BCUT2D eigenvalue weighted by atomic mass is 10.0. The highest BCUT2D eigenvalue weighted by Gasteiger charge is 2.26. The predicted molar refractivity (Wildman–Crippen MR) is 130 cm³/mol. The van der Waals surface area contributed by atoms with E-state index in [1.54, 1.807) is 12.1 Å². The lowest BCUT2D eigenvalue weighted by Gasteiger charge is -2.17. The third-order valence-electron chi connectivity index (χ3n) is 4.99. The maximum Gasteiger partial charge on any atom is 0.280 e. The molecule has 0 radical (unpaired) electrons. The summed E-state index contributed by atoms with van der Waals surface area (Å²) in [5.74, 6) is -2.02. The maximum absolute atomic E-state index is 13.8. The van der Waals surface area contributed by atoms with Gasteiger partial charge in [0.1, 0.15) is 11.6 Å². The van der Waals surface area contributed by atoms with Gasteiger partial charge in [-0.05, 0) is 54.1 Å². The fourth-order valence-electron chi connectivity index (χ4n) is 3.38. The molecule has 1 aliphatic rings. The molecule has 4 N–H and O–H groups in total. The van der Waals surface area contributed by atoms with Crippen molar-refractivity contribution in [1.29, 1.82) is 0 Å². The van der Waals surface area contributed by atoms with Gasteiger partial charge in [-0.3, -0.25) is 4.79 Å². The van der Waals surface area contributed by atoms with E-state index in [1.165, 1.54) is 24.3 Å². The molecule has 0 bridgehead atoms. The van der Waals surface area contributed by atoms with Crippen LogP contribution in [0.1, 0.15) is 28.4 Å². The van der Waals surface area contributed by atoms with Crippen molar-refractivity contribution in [2.24, 2.45) is 4.99 Å². The van der Waals surface area contributed by atoms with Crippen molar-refractivity contribution in [1.82, 2.24) is 16.2 Å². The van der Waals surface area contributed by atoms with E-state index in [0.717, 1.165) is 17.7 Å². The van der Waals surface area contributed by atoms with Crippen LogP contribution in [0.2, 0.25) is 15.1 Å². The summed E-state index contributed by atoms with van der Waals surface area (Å²) < 4.78 is 27.6. The molecular weight excluding hydrogens is 507 g/mol. The summed E-state index contributed by atoms with van der Waals surface area (Å²) in [5.41, 5.74) is 7.52. The molecule has 3 aromatic carbocycles. The number of nitrogens with zero attached hydrogens (tertiary/aromatic N) is 1. The molecule has 0 saturated carbocycles. The van der Waals surface area contributed by atoms with E-state index in [1.807, 2.05) is 12.1 Å². The Labute approximate surface area is 209 Å². The molecule has 0 spiro atoms. The molecule has 1 amide bonds. The van der Waals surface area contributed by atoms with Gasteiger partial charge in [0.25, 0.3) is 5.91 Å². The van der Waals surface area contributed by atoms with Crippen LogP contribution < -0.4 is 21.5 Å². The molecule has 176 valence electrons. The van der Waals surface area contributed by atoms with E-state index in [4.69, 9.17) is 34.8 Å². The number of carbonyl (C=O) groups excluding carboxylic acids is 1. The Balaban J connectivity index is 1.55. The molecule has 1 fully saturated rings. The Kier molecular flexibility index (Phi) is 7.65. The Morgan fingerprint density at radius 2 is 1.71 bits per heavy atom. The monoisotopic (exact) mass is 523 g/mol. The number of benzene rings is 3. The molecule has 2 unspecified atom stereocenters. The van der Waals surface area contributed by atoms with Crippen LogP contribution in [0.5, 0.6) is 0 Å². The van der Waals surface area contributed by atoms with Gasteiger partial charge in [0.2, 0.25) is 5.96 Å². The van der Waals surface area contributed by atoms with Crippen molar-refractivity contribution in [2.75, 3.05) is 5.32 Å². The number of anilines is 1. The Bertz CT molecular complexity index is 1220. The number of carbonyl (C=O) groups is 1. The Hall–Kier alpha value is -2.75. The fourth-order valence-corrected chi connectivity index (χ4v) is 3.85. The van der Waals surface area contributed by atoms with Gasteiger partial charge in [0, 0.05) is 33.8 Å². The molecule has 6 nitrogen and oxygen atoms in total. The molecule has 4 rings (SSSR count). The smallest absolute Gasteiger partial charge is 0.280 e. The van der Waals surface area contributed by atoms with Crippen molar-refractivity contribution in [3.63, 3.8) is 0 Å². The molecule has 0 aliphatic carbocycles. The summed E-state index contributed by atoms with van der Waals surface area (Å²) in [4.78, 5) is 16.7. The van der Waals surface area contributed by atoms with Gasteiger partial charge in [-0.2, -0.15) is 4.99 Å². The van der Waals surface area contributed by atoms with E-state index in [-0.39, 0.29) is 39.5 Å². The molecule has 2 atom stereocenters. The molecule has 1 saturated heterocycles. The van der Waals surface area contributed by atoms with Crippen LogP contribution in [-0.4, -0.2) is 18.0 Å². The minimum Gasteiger partial charge on any atom is -0.339 e. The summed E-state index contributed by atoms with van der Waals surface area (Å²) >= 11 is 17.6. The maximum atomic E-state index is 13.8. The fraction of sp³-hybridized carbons (Fsp3) is 0.130. The molecule has 11 heteroatoms. The zero-order valence-electron chi connectivity index (χ0n) is 17.4. The van der Waals surface area contributed by atoms with Crippen molar-refractivity contribution in [2.45, 2.75) is 18.6 Å². The molecule has 34 heavy (non-hydrogen) atoms. The van der Waals surface area contributed by atoms with Crippen molar-refractivity contribution < 1.29 is 13.6 Å². The summed E-state index contributed by atoms with van der Waals surface area (Å²) in [6.45, 7) is 0. The van der Waals surface area contributed by atoms with Crippen LogP contribution in [0, 0.1) is 11.6 Å². The molecule has 3 aromatic rings. The van der Waals surface area contributed by atoms with Gasteiger partial charge in [-0.1, -0.05) is 46.9 Å². The van der Waals surface area contributed by atoms with Crippen LogP contribution >= 0.6 is 34.8 Å². The van der Waals surface area contributed by atoms with Gasteiger partial charge in [0.15, 0.2) is 0 Å². The van der Waals surface area contributed by atoms with Gasteiger partial charge < -0.3 is 10.6 Å². The number of hydrazine groups is 1. The number of amides is 1. The summed E-state index contributed by atoms with van der Waals surface area (Å²) in [7, 11) is 0. The highest BCUT2D eigenvalue weighted by Crippen LogP contribution is 2.23. The minimum atomic E-state index is -0.741. The van der Waals surface area contributed by atoms with Gasteiger partial charge in [-0.25, -0.2) is 19.6 Å². The average molecular weight is 525 g/mol. The first-order valence-electron chi connectivity index (χ1n) is 10.1. The number of hydrogen-bond acceptors (Lipinski definition) is 3. The third kappa shape index (κ3) is 6.22. The van der Waals surface area contributed by atoms with Gasteiger partial charge in [0.05, 0.1) is 11.2 Å². The van der Waals surface area contributed by atoms with Crippen LogP contribution in [0.3, 0.4) is 0 Å². The summed E-state index contributed by atoms with van der Waals surface area (Å²) in [6.07, 6.45) is 0.224. The first kappa shape index (κ1) is 24.4. The number of aliphatic imine (C=N–C) groups is 1. The molecule has 1 aliphatic heterocycles. The Morgan fingerprint density at radius 1 is 0.941 bits per heavy atom. The van der Waals surface area contributed by atoms with Crippen LogP contribution in [0.15, 0.2) is 65.7 Å². The summed E-state index contributed by atoms with van der Waals surface area (Å²) in [5, 5.41) is 6.63. The SMILES string of the molecule is O=C(/N=C(/Nc1cc(F)cc(Cl)c1)NC1CC(c2ccc(Cl)cc2)NN1)c1ccc(Cl)c(F)c1. The molecule has 1 heterocycles. The average Bonchev–Trinajstić information content (AvgIpc) is 3.23. The predicted octanol–water partition coefficient (Wildman–Crippen LogP) is 5.69. The first-order chi connectivity index (χ1) is 16.3. The van der Waals surface area contributed by atoms with Crippen LogP contribution in [0.25, 0.3) is 0 Å². The van der Waals surface area contributed by atoms with E-state index >= 15 is 0 Å². The highest BCUT2D eigenvalue weighted by atomic mass is 35.5. The van der Waals surface area contributed by atoms with Crippen molar-refractivity contribution >= 4 is 52.4 Å². The van der Waals surface area contributed by atoms with E-state index in [9.17, 15) is 13.6 Å². The van der Waals surface area contributed by atoms with Gasteiger partial charge in [-0.15, -0.1) is 0 Å². The normalized spacial score (nSPS) is 18.1. The standard InChI is InChI=1S/C23H18Cl3F2N5O/c24-14-4-1-12(2-5-14)20-11-21(33-32-20)30-23(29-17-9-15(25)8-16(27)10-17)31-22(34)13-3-6-18(26)19(28)7-13/h1-10,20-21,32-33H,11H2,(H2,29,30,31,34). The highest BCUT2D eigenvalue weighted by molar-refractivity contribution is 6.31.